The van der Waals surface area contributed by atoms with Crippen LogP contribution in [0, 0.1) is 0 Å². The fourth-order valence-electron chi connectivity index (χ4n) is 2.95. The molecule has 0 spiro atoms. The lowest BCUT2D eigenvalue weighted by Gasteiger charge is -2.39. The van der Waals surface area contributed by atoms with Crippen LogP contribution in [-0.4, -0.2) is 24.3 Å². The summed E-state index contributed by atoms with van der Waals surface area (Å²) in [6.07, 6.45) is 5.60. The number of methoxy groups -OCH3 is 1. The summed E-state index contributed by atoms with van der Waals surface area (Å²) in [5.74, 6) is 0.361. The number of ether oxygens (including phenoxy) is 2. The Morgan fingerprint density at radius 3 is 2.43 bits per heavy atom. The van der Waals surface area contributed by atoms with Crippen molar-refractivity contribution in [1.82, 2.24) is 0 Å². The summed E-state index contributed by atoms with van der Waals surface area (Å²) in [4.78, 5) is 11.7. The zero-order valence-corrected chi connectivity index (χ0v) is 12.8. The average molecular weight is 311 g/mol. The van der Waals surface area contributed by atoms with Crippen molar-refractivity contribution in [3.8, 4) is 11.5 Å². The van der Waals surface area contributed by atoms with E-state index in [1.807, 2.05) is 0 Å². The Morgan fingerprint density at radius 2 is 2.00 bits per heavy atom. The largest absolute Gasteiger partial charge is 0.493 e. The standard InChI is InChI=1S/C16H19ClO4/c1-20-13-9-12(17)11(16(15(18)19)6-3-7-16)8-14(13)21-10-4-2-5-10/h8-10H,2-7H2,1H3,(H,18,19). The maximum atomic E-state index is 11.7. The summed E-state index contributed by atoms with van der Waals surface area (Å²) in [6, 6.07) is 3.45. The van der Waals surface area contributed by atoms with Crippen LogP contribution in [0.5, 0.6) is 11.5 Å². The van der Waals surface area contributed by atoms with E-state index < -0.39 is 11.4 Å². The molecule has 0 unspecified atom stereocenters. The lowest BCUT2D eigenvalue weighted by Crippen LogP contribution is -2.42. The second-order valence-electron chi connectivity index (χ2n) is 5.89. The zero-order chi connectivity index (χ0) is 15.0. The van der Waals surface area contributed by atoms with Crippen molar-refractivity contribution in [2.24, 2.45) is 0 Å². The third-order valence-corrected chi connectivity index (χ3v) is 5.04. The van der Waals surface area contributed by atoms with Gasteiger partial charge in [0, 0.05) is 11.1 Å². The number of rotatable bonds is 5. The molecule has 2 aliphatic rings. The first kappa shape index (κ1) is 14.5. The number of carbonyl (C=O) groups is 1. The van der Waals surface area contributed by atoms with Crippen LogP contribution in [-0.2, 0) is 10.2 Å². The van der Waals surface area contributed by atoms with Crippen LogP contribution >= 0.6 is 11.6 Å². The van der Waals surface area contributed by atoms with Crippen LogP contribution in [0.1, 0.15) is 44.1 Å². The topological polar surface area (TPSA) is 55.8 Å². The minimum atomic E-state index is -0.860. The molecule has 0 aromatic heterocycles. The lowest BCUT2D eigenvalue weighted by molar-refractivity contribution is -0.147. The summed E-state index contributed by atoms with van der Waals surface area (Å²) >= 11 is 6.31. The van der Waals surface area contributed by atoms with Crippen molar-refractivity contribution in [3.05, 3.63) is 22.7 Å². The second kappa shape index (κ2) is 5.41. The van der Waals surface area contributed by atoms with Crippen molar-refractivity contribution in [2.75, 3.05) is 7.11 Å². The number of hydrogen-bond acceptors (Lipinski definition) is 3. The molecule has 1 aromatic carbocycles. The van der Waals surface area contributed by atoms with Crippen molar-refractivity contribution in [1.29, 1.82) is 0 Å². The maximum Gasteiger partial charge on any atom is 0.314 e. The fourth-order valence-corrected chi connectivity index (χ4v) is 3.28. The molecule has 0 atom stereocenters. The van der Waals surface area contributed by atoms with Crippen LogP contribution in [0.15, 0.2) is 12.1 Å². The highest BCUT2D eigenvalue weighted by molar-refractivity contribution is 6.32. The van der Waals surface area contributed by atoms with Crippen LogP contribution in [0.3, 0.4) is 0 Å². The Hall–Kier alpha value is -1.42. The van der Waals surface area contributed by atoms with Gasteiger partial charge in [-0.05, 0) is 43.7 Å². The van der Waals surface area contributed by atoms with E-state index in [-0.39, 0.29) is 6.10 Å². The third-order valence-electron chi connectivity index (χ3n) is 4.73. The summed E-state index contributed by atoms with van der Waals surface area (Å²) in [6.45, 7) is 0. The first-order valence-corrected chi connectivity index (χ1v) is 7.73. The van der Waals surface area contributed by atoms with Crippen molar-refractivity contribution in [3.63, 3.8) is 0 Å². The van der Waals surface area contributed by atoms with Crippen molar-refractivity contribution in [2.45, 2.75) is 50.0 Å². The van der Waals surface area contributed by atoms with Gasteiger partial charge in [-0.15, -0.1) is 0 Å². The highest BCUT2D eigenvalue weighted by Gasteiger charge is 2.47. The van der Waals surface area contributed by atoms with Gasteiger partial charge in [0.25, 0.3) is 0 Å². The van der Waals surface area contributed by atoms with Gasteiger partial charge < -0.3 is 14.6 Å². The molecule has 3 rings (SSSR count). The number of aliphatic carboxylic acids is 1. The monoisotopic (exact) mass is 310 g/mol. The number of carboxylic acid groups (broad SMARTS) is 1. The first-order chi connectivity index (χ1) is 10.1. The molecule has 2 aliphatic carbocycles. The quantitative estimate of drug-likeness (QED) is 0.899. The van der Waals surface area contributed by atoms with Gasteiger partial charge in [0.1, 0.15) is 0 Å². The molecule has 0 saturated heterocycles. The maximum absolute atomic E-state index is 11.7. The average Bonchev–Trinajstić information content (AvgIpc) is 2.34. The van der Waals surface area contributed by atoms with Crippen molar-refractivity contribution < 1.29 is 19.4 Å². The number of benzene rings is 1. The molecule has 1 aromatic rings. The van der Waals surface area contributed by atoms with Gasteiger partial charge in [-0.25, -0.2) is 0 Å². The molecule has 2 saturated carbocycles. The summed E-state index contributed by atoms with van der Waals surface area (Å²) in [5.41, 5.74) is -0.209. The Kier molecular flexibility index (Phi) is 3.74. The van der Waals surface area contributed by atoms with E-state index >= 15 is 0 Å². The van der Waals surface area contributed by atoms with E-state index in [9.17, 15) is 9.90 Å². The van der Waals surface area contributed by atoms with Crippen LogP contribution in [0.2, 0.25) is 5.02 Å². The normalized spacial score (nSPS) is 20.3. The molecule has 21 heavy (non-hydrogen) atoms. The molecule has 0 radical (unpaired) electrons. The van der Waals surface area contributed by atoms with Gasteiger partial charge >= 0.3 is 5.97 Å². The number of halogens is 1. The third kappa shape index (κ3) is 2.35. The molecular weight excluding hydrogens is 292 g/mol. The number of carboxylic acids is 1. The Bertz CT molecular complexity index is 562. The minimum absolute atomic E-state index is 0.204. The van der Waals surface area contributed by atoms with E-state index in [2.05, 4.69) is 0 Å². The molecule has 0 aliphatic heterocycles. The fraction of sp³-hybridized carbons (Fsp3) is 0.562. The smallest absolute Gasteiger partial charge is 0.314 e. The molecule has 1 N–H and O–H groups in total. The van der Waals surface area contributed by atoms with Gasteiger partial charge in [-0.3, -0.25) is 4.79 Å². The Morgan fingerprint density at radius 1 is 1.29 bits per heavy atom. The van der Waals surface area contributed by atoms with E-state index in [4.69, 9.17) is 21.1 Å². The highest BCUT2D eigenvalue weighted by Crippen LogP contribution is 2.49. The summed E-state index contributed by atoms with van der Waals surface area (Å²) in [7, 11) is 1.56. The second-order valence-corrected chi connectivity index (χ2v) is 6.30. The molecular formula is C16H19ClO4. The summed E-state index contributed by atoms with van der Waals surface area (Å²) < 4.78 is 11.3. The minimum Gasteiger partial charge on any atom is -0.493 e. The predicted octanol–water partition coefficient (Wildman–Crippen LogP) is 3.79. The Balaban J connectivity index is 1.99. The van der Waals surface area contributed by atoms with Crippen LogP contribution < -0.4 is 9.47 Å². The zero-order valence-electron chi connectivity index (χ0n) is 12.0. The van der Waals surface area contributed by atoms with Gasteiger partial charge in [-0.2, -0.15) is 0 Å². The number of hydrogen-bond donors (Lipinski definition) is 1. The van der Waals surface area contributed by atoms with Gasteiger partial charge in [0.2, 0.25) is 0 Å². The van der Waals surface area contributed by atoms with Crippen molar-refractivity contribution >= 4 is 17.6 Å². The molecule has 4 nitrogen and oxygen atoms in total. The van der Waals surface area contributed by atoms with E-state index in [0.29, 0.717) is 34.9 Å². The van der Waals surface area contributed by atoms with Gasteiger partial charge in [0.15, 0.2) is 11.5 Å². The van der Waals surface area contributed by atoms with Crippen LogP contribution in [0.25, 0.3) is 0 Å². The summed E-state index contributed by atoms with van der Waals surface area (Å²) in [5, 5.41) is 10.0. The lowest BCUT2D eigenvalue weighted by atomic mass is 9.64. The van der Waals surface area contributed by atoms with E-state index in [1.165, 1.54) is 6.42 Å². The molecule has 0 bridgehead atoms. The SMILES string of the molecule is COc1cc(Cl)c(C2(C(=O)O)CCC2)cc1OC1CCC1. The molecule has 5 heteroatoms. The van der Waals surface area contributed by atoms with Gasteiger partial charge in [-0.1, -0.05) is 18.0 Å². The molecule has 2 fully saturated rings. The molecule has 114 valence electrons. The first-order valence-electron chi connectivity index (χ1n) is 7.35. The predicted molar refractivity (Wildman–Crippen MR) is 79.4 cm³/mol. The van der Waals surface area contributed by atoms with E-state index in [1.54, 1.807) is 19.2 Å². The van der Waals surface area contributed by atoms with Crippen LogP contribution in [0.4, 0.5) is 0 Å². The molecule has 0 heterocycles. The highest BCUT2D eigenvalue weighted by atomic mass is 35.5. The van der Waals surface area contributed by atoms with E-state index in [0.717, 1.165) is 19.3 Å². The molecule has 0 amide bonds. The Labute approximate surface area is 129 Å². The van der Waals surface area contributed by atoms with Gasteiger partial charge in [0.05, 0.1) is 18.6 Å².